The Morgan fingerprint density at radius 1 is 1.30 bits per heavy atom. The SMILES string of the molecule is CC(C)CC1NC(C(C)C)C(=O)N1C(C)C1CCCO1. The van der Waals surface area contributed by atoms with Crippen molar-refractivity contribution < 1.29 is 9.53 Å². The molecule has 2 aliphatic rings. The van der Waals surface area contributed by atoms with Gasteiger partial charge in [-0.15, -0.1) is 0 Å². The smallest absolute Gasteiger partial charge is 0.241 e. The van der Waals surface area contributed by atoms with Gasteiger partial charge in [0.15, 0.2) is 0 Å². The van der Waals surface area contributed by atoms with Gasteiger partial charge in [0.25, 0.3) is 0 Å². The molecule has 2 fully saturated rings. The molecule has 0 aromatic carbocycles. The van der Waals surface area contributed by atoms with Gasteiger partial charge in [0.05, 0.1) is 24.4 Å². The highest BCUT2D eigenvalue weighted by atomic mass is 16.5. The lowest BCUT2D eigenvalue weighted by molar-refractivity contribution is -0.135. The quantitative estimate of drug-likeness (QED) is 0.842. The summed E-state index contributed by atoms with van der Waals surface area (Å²) >= 11 is 0. The van der Waals surface area contributed by atoms with Gasteiger partial charge in [-0.25, -0.2) is 0 Å². The van der Waals surface area contributed by atoms with Crippen LogP contribution in [0.4, 0.5) is 0 Å². The molecule has 2 aliphatic heterocycles. The largest absolute Gasteiger partial charge is 0.376 e. The van der Waals surface area contributed by atoms with Crippen molar-refractivity contribution >= 4 is 5.91 Å². The number of nitrogens with one attached hydrogen (secondary N) is 1. The summed E-state index contributed by atoms with van der Waals surface area (Å²) in [4.78, 5) is 14.8. The molecule has 4 atom stereocenters. The predicted octanol–water partition coefficient (Wildman–Crippen LogP) is 2.38. The molecule has 4 nitrogen and oxygen atoms in total. The fourth-order valence-electron chi connectivity index (χ4n) is 3.43. The third kappa shape index (κ3) is 3.17. The van der Waals surface area contributed by atoms with Gasteiger partial charge >= 0.3 is 0 Å². The Balaban J connectivity index is 2.13. The van der Waals surface area contributed by atoms with Crippen LogP contribution in [0.1, 0.15) is 53.9 Å². The van der Waals surface area contributed by atoms with Crippen molar-refractivity contribution in [3.05, 3.63) is 0 Å². The summed E-state index contributed by atoms with van der Waals surface area (Å²) < 4.78 is 5.80. The van der Waals surface area contributed by atoms with Gasteiger partial charge in [-0.1, -0.05) is 27.7 Å². The molecule has 0 saturated carbocycles. The number of hydrogen-bond donors (Lipinski definition) is 1. The lowest BCUT2D eigenvalue weighted by Gasteiger charge is -2.34. The number of amides is 1. The van der Waals surface area contributed by atoms with Gasteiger partial charge in [-0.3, -0.25) is 10.1 Å². The number of ether oxygens (including phenoxy) is 1. The first-order chi connectivity index (χ1) is 9.41. The Kier molecular flexibility index (Phi) is 5.08. The molecular weight excluding hydrogens is 252 g/mol. The fourth-order valence-corrected chi connectivity index (χ4v) is 3.43. The molecule has 116 valence electrons. The zero-order valence-corrected chi connectivity index (χ0v) is 13.6. The molecule has 2 saturated heterocycles. The lowest BCUT2D eigenvalue weighted by atomic mass is 10.0. The van der Waals surface area contributed by atoms with Crippen LogP contribution in [0.15, 0.2) is 0 Å². The Labute approximate surface area is 123 Å². The maximum atomic E-state index is 12.7. The van der Waals surface area contributed by atoms with Gasteiger partial charge in [0.1, 0.15) is 0 Å². The molecule has 4 heteroatoms. The molecule has 20 heavy (non-hydrogen) atoms. The molecular formula is C16H30N2O2. The summed E-state index contributed by atoms with van der Waals surface area (Å²) in [5.74, 6) is 1.16. The first kappa shape index (κ1) is 15.8. The minimum Gasteiger partial charge on any atom is -0.376 e. The first-order valence-corrected chi connectivity index (χ1v) is 8.11. The van der Waals surface area contributed by atoms with Crippen LogP contribution in [0.2, 0.25) is 0 Å². The van der Waals surface area contributed by atoms with Gasteiger partial charge in [-0.2, -0.15) is 0 Å². The highest BCUT2D eigenvalue weighted by Gasteiger charge is 2.44. The average molecular weight is 282 g/mol. The van der Waals surface area contributed by atoms with E-state index in [1.807, 2.05) is 0 Å². The van der Waals surface area contributed by atoms with Gasteiger partial charge in [-0.05, 0) is 38.0 Å². The highest BCUT2D eigenvalue weighted by Crippen LogP contribution is 2.28. The summed E-state index contributed by atoms with van der Waals surface area (Å²) in [5, 5.41) is 3.55. The van der Waals surface area contributed by atoms with E-state index in [1.54, 1.807) is 0 Å². The van der Waals surface area contributed by atoms with Crippen LogP contribution in [0.25, 0.3) is 0 Å². The van der Waals surface area contributed by atoms with E-state index in [9.17, 15) is 4.79 Å². The molecule has 1 amide bonds. The van der Waals surface area contributed by atoms with E-state index < -0.39 is 0 Å². The van der Waals surface area contributed by atoms with Crippen LogP contribution in [0, 0.1) is 11.8 Å². The average Bonchev–Trinajstić information content (AvgIpc) is 2.96. The number of carbonyl (C=O) groups is 1. The monoisotopic (exact) mass is 282 g/mol. The Hall–Kier alpha value is -0.610. The van der Waals surface area contributed by atoms with E-state index in [4.69, 9.17) is 4.74 Å². The first-order valence-electron chi connectivity index (χ1n) is 8.11. The second-order valence-electron chi connectivity index (χ2n) is 7.07. The van der Waals surface area contributed by atoms with Crippen molar-refractivity contribution in [2.45, 2.75) is 78.2 Å². The molecule has 1 N–H and O–H groups in total. The maximum Gasteiger partial charge on any atom is 0.241 e. The molecule has 2 heterocycles. The van der Waals surface area contributed by atoms with Gasteiger partial charge in [0.2, 0.25) is 5.91 Å². The zero-order chi connectivity index (χ0) is 14.9. The minimum atomic E-state index is -0.0393. The van der Waals surface area contributed by atoms with Crippen molar-refractivity contribution in [1.82, 2.24) is 10.2 Å². The van der Waals surface area contributed by atoms with Crippen molar-refractivity contribution in [2.24, 2.45) is 11.8 Å². The van der Waals surface area contributed by atoms with Gasteiger partial charge < -0.3 is 9.64 Å². The van der Waals surface area contributed by atoms with Crippen LogP contribution < -0.4 is 5.32 Å². The molecule has 0 radical (unpaired) electrons. The van der Waals surface area contributed by atoms with Crippen LogP contribution >= 0.6 is 0 Å². The molecule has 0 aliphatic carbocycles. The van der Waals surface area contributed by atoms with Crippen LogP contribution in [-0.4, -0.2) is 41.8 Å². The zero-order valence-electron chi connectivity index (χ0n) is 13.6. The van der Waals surface area contributed by atoms with Crippen molar-refractivity contribution in [3.63, 3.8) is 0 Å². The lowest BCUT2D eigenvalue weighted by Crippen LogP contribution is -2.49. The number of hydrogen-bond acceptors (Lipinski definition) is 3. The van der Waals surface area contributed by atoms with Crippen molar-refractivity contribution in [2.75, 3.05) is 6.61 Å². The third-order valence-corrected chi connectivity index (χ3v) is 4.53. The summed E-state index contributed by atoms with van der Waals surface area (Å²) in [5.41, 5.74) is 0. The molecule has 0 bridgehead atoms. The van der Waals surface area contributed by atoms with E-state index in [1.165, 1.54) is 0 Å². The van der Waals surface area contributed by atoms with Crippen molar-refractivity contribution in [1.29, 1.82) is 0 Å². The predicted molar refractivity (Wildman–Crippen MR) is 80.3 cm³/mol. The van der Waals surface area contributed by atoms with Crippen LogP contribution in [-0.2, 0) is 9.53 Å². The normalized spacial score (nSPS) is 32.6. The molecule has 4 unspecified atom stereocenters. The topological polar surface area (TPSA) is 41.6 Å². The third-order valence-electron chi connectivity index (χ3n) is 4.53. The van der Waals surface area contributed by atoms with E-state index in [0.29, 0.717) is 11.8 Å². The standard InChI is InChI=1S/C16H30N2O2/c1-10(2)9-14-17-15(11(3)4)16(19)18(14)12(5)13-7-6-8-20-13/h10-15,17H,6-9H2,1-5H3. The van der Waals surface area contributed by atoms with Gasteiger partial charge in [0, 0.05) is 6.61 Å². The second-order valence-corrected chi connectivity index (χ2v) is 7.07. The summed E-state index contributed by atoms with van der Waals surface area (Å²) in [6, 6.07) is 0.132. The van der Waals surface area contributed by atoms with Crippen molar-refractivity contribution in [3.8, 4) is 0 Å². The van der Waals surface area contributed by atoms with E-state index >= 15 is 0 Å². The molecule has 2 rings (SSSR count). The molecule has 0 aromatic heterocycles. The van der Waals surface area contributed by atoms with Crippen LogP contribution in [0.5, 0.6) is 0 Å². The number of carbonyl (C=O) groups excluding carboxylic acids is 1. The van der Waals surface area contributed by atoms with Crippen LogP contribution in [0.3, 0.4) is 0 Å². The second kappa shape index (κ2) is 6.44. The van der Waals surface area contributed by atoms with E-state index in [2.05, 4.69) is 44.8 Å². The fraction of sp³-hybridized carbons (Fsp3) is 0.938. The summed E-state index contributed by atoms with van der Waals surface area (Å²) in [6.45, 7) is 11.6. The maximum absolute atomic E-state index is 12.7. The Bertz CT molecular complexity index is 337. The molecule has 0 aromatic rings. The number of nitrogens with zero attached hydrogens (tertiary/aromatic N) is 1. The summed E-state index contributed by atoms with van der Waals surface area (Å²) in [6.07, 6.45) is 3.57. The highest BCUT2D eigenvalue weighted by molar-refractivity contribution is 5.85. The van der Waals surface area contributed by atoms with E-state index in [-0.39, 0.29) is 30.3 Å². The van der Waals surface area contributed by atoms with E-state index in [0.717, 1.165) is 25.9 Å². The Morgan fingerprint density at radius 3 is 2.50 bits per heavy atom. The Morgan fingerprint density at radius 2 is 2.00 bits per heavy atom. The minimum absolute atomic E-state index is 0.0393. The molecule has 0 spiro atoms. The summed E-state index contributed by atoms with van der Waals surface area (Å²) in [7, 11) is 0. The number of rotatable bonds is 5.